The molecule has 0 aliphatic carbocycles. The largest absolute Gasteiger partial charge is 0.534 e. The minimum Gasteiger partial charge on any atom is -0.489 e. The molecule has 0 saturated carbocycles. The van der Waals surface area contributed by atoms with Gasteiger partial charge in [-0.3, -0.25) is 9.59 Å². The average Bonchev–Trinajstić information content (AvgIpc) is 3.03. The lowest BCUT2D eigenvalue weighted by molar-refractivity contribution is -0.147. The van der Waals surface area contributed by atoms with Gasteiger partial charge in [0.2, 0.25) is 5.91 Å². The molecule has 0 N–H and O–H groups in total. The van der Waals surface area contributed by atoms with Crippen LogP contribution in [0.1, 0.15) is 48.6 Å². The third-order valence-electron chi connectivity index (χ3n) is 7.64. The number of β-lactam (4-membered cyclic amide) rings is 1. The van der Waals surface area contributed by atoms with Crippen molar-refractivity contribution in [1.82, 2.24) is 0 Å². The Balaban J connectivity index is 1.47. The average molecular weight is 751 g/mol. The van der Waals surface area contributed by atoms with Crippen molar-refractivity contribution in [1.29, 1.82) is 0 Å². The Bertz CT molecular complexity index is 1870. The molecule has 4 aromatic carbocycles. The maximum absolute atomic E-state index is 13.8. The monoisotopic (exact) mass is 749 g/mol. The first-order chi connectivity index (χ1) is 22.7. The number of rotatable bonds is 12. The summed E-state index contributed by atoms with van der Waals surface area (Å²) in [5.74, 6) is -2.14. The van der Waals surface area contributed by atoms with Crippen LogP contribution in [0.4, 0.5) is 23.2 Å². The quantitative estimate of drug-likeness (QED) is 0.0474. The summed E-state index contributed by atoms with van der Waals surface area (Å²) in [6, 6.07) is 24.2. The van der Waals surface area contributed by atoms with Gasteiger partial charge >= 0.3 is 21.6 Å². The van der Waals surface area contributed by atoms with Crippen molar-refractivity contribution in [2.24, 2.45) is 5.92 Å². The number of halogens is 5. The Morgan fingerprint density at radius 3 is 2.25 bits per heavy atom. The van der Waals surface area contributed by atoms with Crippen LogP contribution >= 0.6 is 15.9 Å². The molecule has 0 aromatic heterocycles. The molecule has 1 saturated heterocycles. The number of carbonyl (C=O) groups excluding carboxylic acids is 2. The number of carbonyl (C=O) groups is 2. The minimum absolute atomic E-state index is 0.213. The van der Waals surface area contributed by atoms with Crippen LogP contribution in [0.3, 0.4) is 0 Å². The van der Waals surface area contributed by atoms with Gasteiger partial charge in [-0.1, -0.05) is 64.5 Å². The first kappa shape index (κ1) is 34.9. The molecular weight excluding hydrogens is 722 g/mol. The van der Waals surface area contributed by atoms with Crippen LogP contribution in [0.5, 0.6) is 11.5 Å². The lowest BCUT2D eigenvalue weighted by Crippen LogP contribution is -2.55. The highest BCUT2D eigenvalue weighted by Gasteiger charge is 2.50. The molecule has 2 unspecified atom stereocenters. The van der Waals surface area contributed by atoms with Crippen molar-refractivity contribution >= 4 is 43.6 Å². The molecule has 8 nitrogen and oxygen atoms in total. The van der Waals surface area contributed by atoms with Crippen molar-refractivity contribution in [3.8, 4) is 11.5 Å². The van der Waals surface area contributed by atoms with Crippen LogP contribution in [-0.4, -0.2) is 25.8 Å². The van der Waals surface area contributed by atoms with Crippen LogP contribution in [-0.2, 0) is 31.1 Å². The second-order valence-corrected chi connectivity index (χ2v) is 13.4. The van der Waals surface area contributed by atoms with E-state index in [-0.39, 0.29) is 31.0 Å². The van der Waals surface area contributed by atoms with Crippen LogP contribution < -0.4 is 13.8 Å². The maximum Gasteiger partial charge on any atom is 0.534 e. The Kier molecular flexibility index (Phi) is 10.4. The molecule has 1 heterocycles. The predicted molar refractivity (Wildman–Crippen MR) is 171 cm³/mol. The van der Waals surface area contributed by atoms with E-state index >= 15 is 0 Å². The first-order valence-corrected chi connectivity index (χ1v) is 16.8. The highest BCUT2D eigenvalue weighted by atomic mass is 79.9. The molecule has 1 fully saturated rings. The second kappa shape index (κ2) is 14.4. The summed E-state index contributed by atoms with van der Waals surface area (Å²) in [6.07, 6.45) is -0.324. The lowest BCUT2D eigenvalue weighted by Gasteiger charge is -2.48. The fourth-order valence-electron chi connectivity index (χ4n) is 5.43. The van der Waals surface area contributed by atoms with Gasteiger partial charge in [-0.05, 0) is 72.5 Å². The van der Waals surface area contributed by atoms with Gasteiger partial charge < -0.3 is 18.6 Å². The molecule has 3 atom stereocenters. The highest BCUT2D eigenvalue weighted by molar-refractivity contribution is 9.10. The second-order valence-electron chi connectivity index (χ2n) is 10.9. The van der Waals surface area contributed by atoms with Crippen molar-refractivity contribution in [3.05, 3.63) is 124 Å². The number of hydrogen-bond acceptors (Lipinski definition) is 7. The number of hydrogen-bond donors (Lipinski definition) is 0. The summed E-state index contributed by atoms with van der Waals surface area (Å²) in [5, 5.41) is 0. The van der Waals surface area contributed by atoms with Crippen LogP contribution in [0.25, 0.3) is 0 Å². The zero-order chi connectivity index (χ0) is 34.6. The summed E-state index contributed by atoms with van der Waals surface area (Å²) >= 11 is 3.47. The topological polar surface area (TPSA) is 99.2 Å². The number of esters is 1. The van der Waals surface area contributed by atoms with Gasteiger partial charge in [0.05, 0.1) is 12.0 Å². The van der Waals surface area contributed by atoms with Gasteiger partial charge in [0.1, 0.15) is 30.0 Å². The van der Waals surface area contributed by atoms with Crippen LogP contribution in [0.2, 0.25) is 0 Å². The Labute approximate surface area is 282 Å². The van der Waals surface area contributed by atoms with E-state index in [1.807, 2.05) is 30.3 Å². The van der Waals surface area contributed by atoms with Gasteiger partial charge in [-0.15, -0.1) is 0 Å². The van der Waals surface area contributed by atoms with Crippen molar-refractivity contribution in [2.45, 2.75) is 44.0 Å². The molecular formula is C34H28BrF4NO7S. The summed E-state index contributed by atoms with van der Waals surface area (Å²) in [5.41, 5.74) is -3.27. The molecule has 1 amide bonds. The Hall–Kier alpha value is -4.43. The molecule has 1 aliphatic heterocycles. The van der Waals surface area contributed by atoms with Crippen LogP contribution in [0.15, 0.2) is 102 Å². The molecule has 4 aromatic rings. The summed E-state index contributed by atoms with van der Waals surface area (Å²) in [7, 11) is -5.90. The van der Waals surface area contributed by atoms with E-state index in [4.69, 9.17) is 9.47 Å². The smallest absolute Gasteiger partial charge is 0.489 e. The van der Waals surface area contributed by atoms with E-state index in [0.717, 1.165) is 17.7 Å². The van der Waals surface area contributed by atoms with Gasteiger partial charge in [0.15, 0.2) is 0 Å². The molecule has 252 valence electrons. The van der Waals surface area contributed by atoms with E-state index < -0.39 is 51.2 Å². The number of ether oxygens (including phenoxy) is 2. The fourth-order valence-corrected chi connectivity index (χ4v) is 6.22. The van der Waals surface area contributed by atoms with E-state index in [2.05, 4.69) is 20.1 Å². The molecule has 5 rings (SSSR count). The van der Waals surface area contributed by atoms with Gasteiger partial charge in [0.25, 0.3) is 0 Å². The number of amides is 1. The number of nitrogens with zero attached hydrogens (tertiary/aromatic N) is 1. The molecule has 1 aliphatic rings. The highest BCUT2D eigenvalue weighted by Crippen LogP contribution is 2.49. The molecule has 14 heteroatoms. The first-order valence-electron chi connectivity index (χ1n) is 14.6. The number of alkyl halides is 3. The molecule has 0 radical (unpaired) electrons. The lowest BCUT2D eigenvalue weighted by atomic mass is 9.78. The molecule has 0 bridgehead atoms. The molecule has 48 heavy (non-hydrogen) atoms. The third-order valence-corrected chi connectivity index (χ3v) is 9.11. The summed E-state index contributed by atoms with van der Waals surface area (Å²) in [4.78, 5) is 27.2. The number of benzene rings is 4. The van der Waals surface area contributed by atoms with Gasteiger partial charge in [-0.2, -0.15) is 21.6 Å². The molecule has 0 spiro atoms. The predicted octanol–water partition coefficient (Wildman–Crippen LogP) is 8.18. The third kappa shape index (κ3) is 7.98. The standard InChI is InChI=1S/C34H28BrF4NO7S/c1-21(41)46-30(23-7-10-25(36)11-8-23)18-17-29-32(28-16-9-24(35)19-31(28)45-20-22-5-3-2-4-6-22)40(33(29)42)26-12-14-27(15-13-26)47-48(43,44)34(37,38)39/h2-16,19,29-30,32H,17-18,20H2,1H3/t29?,30-,32?/m0/s1. The van der Waals surface area contributed by atoms with E-state index in [9.17, 15) is 35.6 Å². The maximum atomic E-state index is 13.8. The Morgan fingerprint density at radius 2 is 1.62 bits per heavy atom. The summed E-state index contributed by atoms with van der Waals surface area (Å²) in [6.45, 7) is 1.47. The zero-order valence-corrected chi connectivity index (χ0v) is 27.6. The number of anilines is 1. The Morgan fingerprint density at radius 1 is 0.958 bits per heavy atom. The van der Waals surface area contributed by atoms with E-state index in [0.29, 0.717) is 21.3 Å². The van der Waals surface area contributed by atoms with Crippen molar-refractivity contribution in [3.63, 3.8) is 0 Å². The van der Waals surface area contributed by atoms with E-state index in [1.165, 1.54) is 48.2 Å². The normalized spacial score (nSPS) is 17.0. The fraction of sp³-hybridized carbons (Fsp3) is 0.235. The van der Waals surface area contributed by atoms with Gasteiger partial charge in [-0.25, -0.2) is 4.39 Å². The zero-order valence-electron chi connectivity index (χ0n) is 25.2. The van der Waals surface area contributed by atoms with Crippen LogP contribution in [0, 0.1) is 11.7 Å². The SMILES string of the molecule is CC(=O)O[C@@H](CCC1C(=O)N(c2ccc(OS(=O)(=O)C(F)(F)F)cc2)C1c1ccc(Br)cc1OCc1ccccc1)c1ccc(F)cc1. The van der Waals surface area contributed by atoms with Crippen molar-refractivity contribution < 1.29 is 49.2 Å². The summed E-state index contributed by atoms with van der Waals surface area (Å²) < 4.78 is 91.9. The van der Waals surface area contributed by atoms with Crippen molar-refractivity contribution in [2.75, 3.05) is 4.90 Å². The van der Waals surface area contributed by atoms with Gasteiger partial charge in [0, 0.05) is 22.6 Å². The minimum atomic E-state index is -5.90. The van der Waals surface area contributed by atoms with E-state index in [1.54, 1.807) is 18.2 Å².